The first kappa shape index (κ1) is 17.3. The average molecular weight is 253 g/mol. The summed E-state index contributed by atoms with van der Waals surface area (Å²) in [6.45, 7) is 12.7. The number of rotatable bonds is 9. The highest BCUT2D eigenvalue weighted by atomic mass is 16.1. The molecular formula is C16H31NO. The molecule has 0 aliphatic rings. The maximum Gasteiger partial charge on any atom is 0.141 e. The topological polar surface area (TPSA) is 29.4 Å². The fourth-order valence-electron chi connectivity index (χ4n) is 2.45. The predicted octanol–water partition coefficient (Wildman–Crippen LogP) is 4.67. The number of carbonyl (C=O) groups excluding carboxylic acids is 1. The van der Waals surface area contributed by atoms with E-state index in [1.807, 2.05) is 0 Å². The van der Waals surface area contributed by atoms with Gasteiger partial charge in [-0.2, -0.15) is 0 Å². The SMILES string of the molecule is CCC(CC)C(=O)CC(=NC(C)C)C(CC)CC. The van der Waals surface area contributed by atoms with Crippen molar-refractivity contribution in [2.75, 3.05) is 0 Å². The summed E-state index contributed by atoms with van der Waals surface area (Å²) in [5.41, 5.74) is 1.13. The van der Waals surface area contributed by atoms with E-state index in [4.69, 9.17) is 4.99 Å². The van der Waals surface area contributed by atoms with Gasteiger partial charge in [0.15, 0.2) is 0 Å². The van der Waals surface area contributed by atoms with Gasteiger partial charge in [-0.1, -0.05) is 27.7 Å². The van der Waals surface area contributed by atoms with Gasteiger partial charge in [-0.25, -0.2) is 0 Å². The predicted molar refractivity (Wildman–Crippen MR) is 80.3 cm³/mol. The van der Waals surface area contributed by atoms with Gasteiger partial charge in [-0.15, -0.1) is 0 Å². The fourth-order valence-corrected chi connectivity index (χ4v) is 2.45. The van der Waals surface area contributed by atoms with Gasteiger partial charge in [-0.05, 0) is 45.4 Å². The molecule has 0 N–H and O–H groups in total. The summed E-state index contributed by atoms with van der Waals surface area (Å²) < 4.78 is 0. The Labute approximate surface area is 113 Å². The molecule has 0 rings (SSSR count). The molecule has 0 spiro atoms. The smallest absolute Gasteiger partial charge is 0.141 e. The minimum Gasteiger partial charge on any atom is -0.299 e. The molecule has 106 valence electrons. The van der Waals surface area contributed by atoms with Crippen LogP contribution >= 0.6 is 0 Å². The normalized spacial score (nSPS) is 12.8. The molecule has 0 aromatic carbocycles. The average Bonchev–Trinajstić information content (AvgIpc) is 2.31. The van der Waals surface area contributed by atoms with Gasteiger partial charge in [0.1, 0.15) is 5.78 Å². The van der Waals surface area contributed by atoms with Crippen LogP contribution in [0.4, 0.5) is 0 Å². The maximum absolute atomic E-state index is 12.3. The van der Waals surface area contributed by atoms with Crippen LogP contribution in [0.25, 0.3) is 0 Å². The summed E-state index contributed by atoms with van der Waals surface area (Å²) in [5.74, 6) is 1.08. The number of carbonyl (C=O) groups is 1. The number of Topliss-reactive ketones (excluding diaryl/α,β-unsaturated/α-hetero) is 1. The molecule has 0 aliphatic carbocycles. The maximum atomic E-state index is 12.3. The Bertz CT molecular complexity index is 260. The van der Waals surface area contributed by atoms with Gasteiger partial charge in [0.25, 0.3) is 0 Å². The lowest BCUT2D eigenvalue weighted by Crippen LogP contribution is -2.23. The second-order valence-electron chi connectivity index (χ2n) is 5.38. The minimum absolute atomic E-state index is 0.219. The van der Waals surface area contributed by atoms with E-state index < -0.39 is 0 Å². The van der Waals surface area contributed by atoms with Gasteiger partial charge in [0.05, 0.1) is 0 Å². The second-order valence-corrected chi connectivity index (χ2v) is 5.38. The fraction of sp³-hybridized carbons (Fsp3) is 0.875. The molecule has 18 heavy (non-hydrogen) atoms. The Morgan fingerprint density at radius 2 is 1.33 bits per heavy atom. The first-order valence-electron chi connectivity index (χ1n) is 7.59. The Morgan fingerprint density at radius 3 is 1.67 bits per heavy atom. The molecule has 2 nitrogen and oxygen atoms in total. The summed E-state index contributed by atoms with van der Waals surface area (Å²) in [6, 6.07) is 0.287. The number of hydrogen-bond donors (Lipinski definition) is 0. The highest BCUT2D eigenvalue weighted by Crippen LogP contribution is 2.18. The lowest BCUT2D eigenvalue weighted by atomic mass is 9.88. The quantitative estimate of drug-likeness (QED) is 0.549. The van der Waals surface area contributed by atoms with Crippen LogP contribution in [-0.4, -0.2) is 17.5 Å². The molecule has 0 unspecified atom stereocenters. The van der Waals surface area contributed by atoms with E-state index in [0.29, 0.717) is 18.1 Å². The van der Waals surface area contributed by atoms with E-state index >= 15 is 0 Å². The van der Waals surface area contributed by atoms with Crippen LogP contribution in [0, 0.1) is 11.8 Å². The Balaban J connectivity index is 4.85. The van der Waals surface area contributed by atoms with Crippen molar-refractivity contribution < 1.29 is 4.79 Å². The van der Waals surface area contributed by atoms with Gasteiger partial charge in [-0.3, -0.25) is 9.79 Å². The summed E-state index contributed by atoms with van der Waals surface area (Å²) in [5, 5.41) is 0. The largest absolute Gasteiger partial charge is 0.299 e. The van der Waals surface area contributed by atoms with Crippen LogP contribution < -0.4 is 0 Å². The molecule has 0 aromatic rings. The van der Waals surface area contributed by atoms with Gasteiger partial charge in [0, 0.05) is 24.1 Å². The molecule has 0 radical (unpaired) electrons. The van der Waals surface area contributed by atoms with Gasteiger partial charge in [0.2, 0.25) is 0 Å². The molecule has 0 aliphatic heterocycles. The van der Waals surface area contributed by atoms with Crippen LogP contribution in [0.15, 0.2) is 4.99 Å². The molecule has 0 bridgehead atoms. The standard InChI is InChI=1S/C16H31NO/c1-7-13(8-2)15(17-12(5)6)11-16(18)14(9-3)10-4/h12-14H,7-11H2,1-6H3. The van der Waals surface area contributed by atoms with Crippen molar-refractivity contribution in [1.29, 1.82) is 0 Å². The molecule has 0 saturated heterocycles. The Morgan fingerprint density at radius 1 is 0.889 bits per heavy atom. The summed E-state index contributed by atoms with van der Waals surface area (Å²) in [6.07, 6.45) is 4.63. The van der Waals surface area contributed by atoms with E-state index in [9.17, 15) is 4.79 Å². The third-order valence-corrected chi connectivity index (χ3v) is 3.68. The third-order valence-electron chi connectivity index (χ3n) is 3.68. The van der Waals surface area contributed by atoms with Crippen LogP contribution in [0.2, 0.25) is 0 Å². The van der Waals surface area contributed by atoms with E-state index in [1.54, 1.807) is 0 Å². The van der Waals surface area contributed by atoms with E-state index in [0.717, 1.165) is 31.4 Å². The Hall–Kier alpha value is -0.660. The molecular weight excluding hydrogens is 222 g/mol. The third kappa shape index (κ3) is 5.79. The molecule has 0 heterocycles. The van der Waals surface area contributed by atoms with Crippen LogP contribution in [0.5, 0.6) is 0 Å². The van der Waals surface area contributed by atoms with Crippen molar-refractivity contribution in [1.82, 2.24) is 0 Å². The van der Waals surface area contributed by atoms with Crippen molar-refractivity contribution in [3.05, 3.63) is 0 Å². The highest BCUT2D eigenvalue weighted by Gasteiger charge is 2.20. The zero-order valence-corrected chi connectivity index (χ0v) is 13.1. The van der Waals surface area contributed by atoms with Crippen molar-refractivity contribution >= 4 is 11.5 Å². The number of aliphatic imine (C=N–C) groups is 1. The molecule has 0 fully saturated rings. The molecule has 0 amide bonds. The summed E-state index contributed by atoms with van der Waals surface area (Å²) in [7, 11) is 0. The van der Waals surface area contributed by atoms with Crippen molar-refractivity contribution in [3.8, 4) is 0 Å². The van der Waals surface area contributed by atoms with Crippen molar-refractivity contribution in [2.24, 2.45) is 16.8 Å². The minimum atomic E-state index is 0.219. The molecule has 0 atom stereocenters. The highest BCUT2D eigenvalue weighted by molar-refractivity contribution is 6.03. The number of ketones is 1. The summed E-state index contributed by atoms with van der Waals surface area (Å²) in [4.78, 5) is 17.0. The zero-order valence-electron chi connectivity index (χ0n) is 13.1. The molecule has 0 saturated carbocycles. The van der Waals surface area contributed by atoms with Crippen molar-refractivity contribution in [3.63, 3.8) is 0 Å². The first-order valence-corrected chi connectivity index (χ1v) is 7.59. The lowest BCUT2D eigenvalue weighted by molar-refractivity contribution is -0.121. The van der Waals surface area contributed by atoms with E-state index in [1.165, 1.54) is 0 Å². The van der Waals surface area contributed by atoms with Crippen molar-refractivity contribution in [2.45, 2.75) is 79.7 Å². The van der Waals surface area contributed by atoms with Gasteiger partial charge < -0.3 is 0 Å². The second kappa shape index (κ2) is 9.29. The molecule has 0 aromatic heterocycles. The number of hydrogen-bond acceptors (Lipinski definition) is 2. The van der Waals surface area contributed by atoms with Gasteiger partial charge >= 0.3 is 0 Å². The monoisotopic (exact) mass is 253 g/mol. The number of nitrogens with zero attached hydrogens (tertiary/aromatic N) is 1. The van der Waals surface area contributed by atoms with Crippen LogP contribution in [0.1, 0.15) is 73.6 Å². The van der Waals surface area contributed by atoms with Crippen LogP contribution in [-0.2, 0) is 4.79 Å². The zero-order chi connectivity index (χ0) is 14.1. The summed E-state index contributed by atoms with van der Waals surface area (Å²) >= 11 is 0. The van der Waals surface area contributed by atoms with E-state index in [2.05, 4.69) is 41.5 Å². The van der Waals surface area contributed by atoms with E-state index in [-0.39, 0.29) is 12.0 Å². The Kier molecular flexibility index (Phi) is 8.95. The molecule has 2 heteroatoms. The lowest BCUT2D eigenvalue weighted by Gasteiger charge is -2.19. The first-order chi connectivity index (χ1) is 8.49. The van der Waals surface area contributed by atoms with Crippen LogP contribution in [0.3, 0.4) is 0 Å².